The van der Waals surface area contributed by atoms with Gasteiger partial charge in [0.25, 0.3) is 0 Å². The number of aliphatic hydroxyl groups is 1. The SMILES string of the molecule is OC(CNC1=C2CNC[C@H]21)COc1cc(Cl)cc(Cl)c1. The third kappa shape index (κ3) is 3.20. The van der Waals surface area contributed by atoms with Crippen LogP contribution in [0, 0.1) is 5.92 Å². The summed E-state index contributed by atoms with van der Waals surface area (Å²) in [4.78, 5) is 0. The van der Waals surface area contributed by atoms with Gasteiger partial charge >= 0.3 is 0 Å². The van der Waals surface area contributed by atoms with E-state index in [1.807, 2.05) is 0 Å². The van der Waals surface area contributed by atoms with Gasteiger partial charge in [0.2, 0.25) is 0 Å². The van der Waals surface area contributed by atoms with Gasteiger partial charge < -0.3 is 20.5 Å². The molecule has 0 saturated carbocycles. The van der Waals surface area contributed by atoms with Crippen molar-refractivity contribution in [2.45, 2.75) is 6.10 Å². The largest absolute Gasteiger partial charge is 0.491 e. The summed E-state index contributed by atoms with van der Waals surface area (Å²) in [7, 11) is 0. The smallest absolute Gasteiger partial charge is 0.122 e. The zero-order valence-electron chi connectivity index (χ0n) is 10.8. The highest BCUT2D eigenvalue weighted by Gasteiger charge is 2.39. The number of hydrogen-bond donors (Lipinski definition) is 3. The van der Waals surface area contributed by atoms with Gasteiger partial charge in [0.15, 0.2) is 0 Å². The fraction of sp³-hybridized carbons (Fsp3) is 0.429. The Kier molecular flexibility index (Phi) is 4.08. The van der Waals surface area contributed by atoms with E-state index in [1.165, 1.54) is 11.3 Å². The maximum atomic E-state index is 9.90. The number of ether oxygens (including phenoxy) is 1. The first kappa shape index (κ1) is 14.0. The van der Waals surface area contributed by atoms with Crippen LogP contribution in [-0.2, 0) is 0 Å². The standard InChI is InChI=1S/C14H16Cl2N2O2/c15-8-1-9(16)3-11(2-8)20-7-10(19)4-18-14-12-5-17-6-13(12)14/h1-3,10,12,17-19H,4-7H2/t10?,12-/m1/s1. The van der Waals surface area contributed by atoms with Crippen molar-refractivity contribution >= 4 is 23.2 Å². The highest BCUT2D eigenvalue weighted by molar-refractivity contribution is 6.34. The minimum absolute atomic E-state index is 0.204. The zero-order chi connectivity index (χ0) is 14.1. The van der Waals surface area contributed by atoms with E-state index < -0.39 is 6.10 Å². The number of halogens is 2. The second kappa shape index (κ2) is 5.82. The first-order chi connectivity index (χ1) is 9.63. The Morgan fingerprint density at radius 1 is 1.35 bits per heavy atom. The van der Waals surface area contributed by atoms with Crippen LogP contribution in [0.1, 0.15) is 0 Å². The van der Waals surface area contributed by atoms with Gasteiger partial charge in [-0.15, -0.1) is 0 Å². The Morgan fingerprint density at radius 3 is 2.75 bits per heavy atom. The number of nitrogens with one attached hydrogen (secondary N) is 2. The molecule has 0 aromatic heterocycles. The Morgan fingerprint density at radius 2 is 2.10 bits per heavy atom. The van der Waals surface area contributed by atoms with Crippen molar-refractivity contribution < 1.29 is 9.84 Å². The molecular formula is C14H16Cl2N2O2. The third-order valence-electron chi connectivity index (χ3n) is 3.50. The van der Waals surface area contributed by atoms with Crippen molar-refractivity contribution in [1.29, 1.82) is 0 Å². The molecule has 1 aliphatic heterocycles. The van der Waals surface area contributed by atoms with Gasteiger partial charge in [-0.25, -0.2) is 0 Å². The monoisotopic (exact) mass is 314 g/mol. The van der Waals surface area contributed by atoms with Crippen LogP contribution in [0.4, 0.5) is 0 Å². The molecule has 0 bridgehead atoms. The van der Waals surface area contributed by atoms with Gasteiger partial charge in [-0.1, -0.05) is 23.2 Å². The van der Waals surface area contributed by atoms with Crippen LogP contribution in [0.3, 0.4) is 0 Å². The van der Waals surface area contributed by atoms with E-state index >= 15 is 0 Å². The summed E-state index contributed by atoms with van der Waals surface area (Å²) in [6.45, 7) is 2.69. The van der Waals surface area contributed by atoms with Gasteiger partial charge in [-0.3, -0.25) is 0 Å². The number of fused-ring (bicyclic) bond motifs is 1. The molecule has 1 unspecified atom stereocenters. The van der Waals surface area contributed by atoms with Crippen LogP contribution >= 0.6 is 23.2 Å². The number of aliphatic hydroxyl groups excluding tert-OH is 1. The number of rotatable bonds is 6. The molecule has 3 N–H and O–H groups in total. The van der Waals surface area contributed by atoms with Crippen molar-refractivity contribution in [2.75, 3.05) is 26.2 Å². The van der Waals surface area contributed by atoms with E-state index in [0.717, 1.165) is 13.1 Å². The third-order valence-corrected chi connectivity index (χ3v) is 3.94. The molecule has 2 atom stereocenters. The lowest BCUT2D eigenvalue weighted by atomic mass is 10.3. The second-order valence-electron chi connectivity index (χ2n) is 5.07. The van der Waals surface area contributed by atoms with Gasteiger partial charge in [0.05, 0.1) is 0 Å². The van der Waals surface area contributed by atoms with Crippen LogP contribution in [0.2, 0.25) is 10.0 Å². The highest BCUT2D eigenvalue weighted by atomic mass is 35.5. The molecule has 1 aromatic carbocycles. The summed E-state index contributed by atoms with van der Waals surface area (Å²) >= 11 is 11.8. The molecule has 0 spiro atoms. The molecule has 20 heavy (non-hydrogen) atoms. The van der Waals surface area contributed by atoms with E-state index in [0.29, 0.717) is 28.3 Å². The summed E-state index contributed by atoms with van der Waals surface area (Å²) in [5, 5.41) is 17.5. The number of hydrogen-bond acceptors (Lipinski definition) is 4. The van der Waals surface area contributed by atoms with Crippen molar-refractivity contribution in [3.05, 3.63) is 39.5 Å². The molecule has 108 valence electrons. The zero-order valence-corrected chi connectivity index (χ0v) is 12.3. The van der Waals surface area contributed by atoms with E-state index in [-0.39, 0.29) is 6.61 Å². The van der Waals surface area contributed by atoms with E-state index in [2.05, 4.69) is 10.6 Å². The van der Waals surface area contributed by atoms with Gasteiger partial charge in [0, 0.05) is 41.3 Å². The highest BCUT2D eigenvalue weighted by Crippen LogP contribution is 2.39. The summed E-state index contributed by atoms with van der Waals surface area (Å²) in [5.41, 5.74) is 2.73. The van der Waals surface area contributed by atoms with Crippen LogP contribution in [0.5, 0.6) is 5.75 Å². The fourth-order valence-corrected chi connectivity index (χ4v) is 2.95. The predicted molar refractivity (Wildman–Crippen MR) is 79.4 cm³/mol. The molecule has 6 heteroatoms. The van der Waals surface area contributed by atoms with Crippen LogP contribution in [-0.4, -0.2) is 37.5 Å². The minimum atomic E-state index is -0.574. The summed E-state index contributed by atoms with van der Waals surface area (Å²) in [5.74, 6) is 1.14. The second-order valence-corrected chi connectivity index (χ2v) is 5.95. The molecule has 4 nitrogen and oxygen atoms in total. The predicted octanol–water partition coefficient (Wildman–Crippen LogP) is 1.81. The molecule has 1 fully saturated rings. The average Bonchev–Trinajstić information content (AvgIpc) is 2.81. The Labute approximate surface area is 127 Å². The molecule has 1 aliphatic carbocycles. The normalized spacial score (nSPS) is 21.6. The summed E-state index contributed by atoms with van der Waals surface area (Å²) in [6.07, 6.45) is -0.574. The summed E-state index contributed by atoms with van der Waals surface area (Å²) in [6, 6.07) is 4.99. The first-order valence-electron chi connectivity index (χ1n) is 6.58. The molecule has 1 saturated heterocycles. The lowest BCUT2D eigenvalue weighted by molar-refractivity contribution is 0.108. The van der Waals surface area contributed by atoms with E-state index in [9.17, 15) is 5.11 Å². The Hall–Kier alpha value is -0.940. The molecule has 1 heterocycles. The number of benzene rings is 1. The van der Waals surface area contributed by atoms with Crippen molar-refractivity contribution in [1.82, 2.24) is 10.6 Å². The van der Waals surface area contributed by atoms with Crippen molar-refractivity contribution in [3.63, 3.8) is 0 Å². The molecule has 2 aliphatic rings. The van der Waals surface area contributed by atoms with Crippen molar-refractivity contribution in [3.8, 4) is 5.75 Å². The van der Waals surface area contributed by atoms with Gasteiger partial charge in [0.1, 0.15) is 18.5 Å². The van der Waals surface area contributed by atoms with Crippen molar-refractivity contribution in [2.24, 2.45) is 5.92 Å². The average molecular weight is 315 g/mol. The van der Waals surface area contributed by atoms with Crippen LogP contribution in [0.25, 0.3) is 0 Å². The topological polar surface area (TPSA) is 53.5 Å². The molecule has 1 aromatic rings. The maximum absolute atomic E-state index is 9.90. The fourth-order valence-electron chi connectivity index (χ4n) is 2.44. The lowest BCUT2D eigenvalue weighted by Gasteiger charge is -2.14. The van der Waals surface area contributed by atoms with E-state index in [4.69, 9.17) is 27.9 Å². The molecule has 3 rings (SSSR count). The van der Waals surface area contributed by atoms with Gasteiger partial charge in [-0.05, 0) is 23.8 Å². The van der Waals surface area contributed by atoms with Crippen LogP contribution in [0.15, 0.2) is 29.5 Å². The molecular weight excluding hydrogens is 299 g/mol. The Bertz CT molecular complexity index is 528. The maximum Gasteiger partial charge on any atom is 0.122 e. The first-order valence-corrected chi connectivity index (χ1v) is 7.33. The summed E-state index contributed by atoms with van der Waals surface area (Å²) < 4.78 is 5.49. The van der Waals surface area contributed by atoms with Gasteiger partial charge in [-0.2, -0.15) is 0 Å². The minimum Gasteiger partial charge on any atom is -0.491 e. The lowest BCUT2D eigenvalue weighted by Crippen LogP contribution is -2.30. The molecule has 0 amide bonds. The molecule has 0 radical (unpaired) electrons. The quantitative estimate of drug-likeness (QED) is 0.749. The van der Waals surface area contributed by atoms with E-state index in [1.54, 1.807) is 18.2 Å². The van der Waals surface area contributed by atoms with Crippen LogP contribution < -0.4 is 15.4 Å². The Balaban J connectivity index is 1.42.